The van der Waals surface area contributed by atoms with Crippen molar-refractivity contribution in [1.82, 2.24) is 5.32 Å². The molecule has 0 aliphatic heterocycles. The van der Waals surface area contributed by atoms with Gasteiger partial charge in [-0.05, 0) is 48.1 Å². The maximum absolute atomic E-state index is 12.4. The first-order chi connectivity index (χ1) is 12.9. The van der Waals surface area contributed by atoms with Crippen molar-refractivity contribution in [2.45, 2.75) is 44.6 Å². The smallest absolute Gasteiger partial charge is 0.306 e. The van der Waals surface area contributed by atoms with Crippen molar-refractivity contribution in [2.24, 2.45) is 5.92 Å². The molecule has 0 fully saturated rings. The Morgan fingerprint density at radius 3 is 2.63 bits per heavy atom. The lowest BCUT2D eigenvalue weighted by Gasteiger charge is -2.35. The van der Waals surface area contributed by atoms with Gasteiger partial charge < -0.3 is 15.5 Å². The molecule has 1 aliphatic rings. The van der Waals surface area contributed by atoms with Gasteiger partial charge in [-0.2, -0.15) is 0 Å². The highest BCUT2D eigenvalue weighted by Crippen LogP contribution is 2.36. The number of fused-ring (bicyclic) bond motifs is 1. The number of hydrogen-bond acceptors (Lipinski definition) is 3. The Hall–Kier alpha value is -2.82. The average Bonchev–Trinajstić information content (AvgIpc) is 2.64. The van der Waals surface area contributed by atoms with Crippen molar-refractivity contribution in [3.8, 4) is 5.75 Å². The van der Waals surface area contributed by atoms with Crippen LogP contribution in [0.4, 0.5) is 0 Å². The van der Waals surface area contributed by atoms with E-state index in [0.29, 0.717) is 0 Å². The molecule has 5 heteroatoms. The van der Waals surface area contributed by atoms with Crippen molar-refractivity contribution in [3.05, 3.63) is 65.2 Å². The highest BCUT2D eigenvalue weighted by molar-refractivity contribution is 5.82. The highest BCUT2D eigenvalue weighted by atomic mass is 16.4. The fourth-order valence-corrected chi connectivity index (χ4v) is 3.81. The lowest BCUT2D eigenvalue weighted by atomic mass is 9.76. The Morgan fingerprint density at radius 1 is 1.19 bits per heavy atom. The Kier molecular flexibility index (Phi) is 5.79. The van der Waals surface area contributed by atoms with E-state index in [1.807, 2.05) is 24.3 Å². The van der Waals surface area contributed by atoms with Crippen LogP contribution >= 0.6 is 0 Å². The minimum Gasteiger partial charge on any atom is -0.508 e. The molecule has 0 bridgehead atoms. The molecule has 1 aliphatic carbocycles. The zero-order valence-corrected chi connectivity index (χ0v) is 15.4. The lowest BCUT2D eigenvalue weighted by Crippen LogP contribution is -2.43. The number of aromatic hydroxyl groups is 1. The zero-order chi connectivity index (χ0) is 19.4. The predicted molar refractivity (Wildman–Crippen MR) is 103 cm³/mol. The minimum atomic E-state index is -0.968. The third-order valence-corrected chi connectivity index (χ3v) is 5.30. The molecule has 3 atom stereocenters. The summed E-state index contributed by atoms with van der Waals surface area (Å²) in [6.45, 7) is 1.54. The van der Waals surface area contributed by atoms with Gasteiger partial charge in [-0.3, -0.25) is 9.59 Å². The van der Waals surface area contributed by atoms with Gasteiger partial charge >= 0.3 is 5.97 Å². The van der Waals surface area contributed by atoms with Gasteiger partial charge in [0.1, 0.15) is 5.75 Å². The van der Waals surface area contributed by atoms with Crippen LogP contribution in [0.25, 0.3) is 0 Å². The molecule has 0 saturated carbocycles. The molecule has 0 spiro atoms. The van der Waals surface area contributed by atoms with Crippen molar-refractivity contribution in [2.75, 3.05) is 0 Å². The van der Waals surface area contributed by atoms with Gasteiger partial charge in [0.25, 0.3) is 0 Å². The van der Waals surface area contributed by atoms with Gasteiger partial charge in [0.15, 0.2) is 0 Å². The van der Waals surface area contributed by atoms with Crippen LogP contribution in [-0.2, 0) is 22.4 Å². The fourth-order valence-electron chi connectivity index (χ4n) is 3.81. The number of carbonyl (C=O) groups excluding carboxylic acids is 1. The number of aliphatic carboxylic acids is 1. The summed E-state index contributed by atoms with van der Waals surface area (Å²) >= 11 is 0. The second-order valence-corrected chi connectivity index (χ2v) is 7.34. The number of phenolic OH excluding ortho intramolecular Hbond substituents is 1. The molecule has 3 N–H and O–H groups in total. The molecule has 2 aromatic rings. The Balaban J connectivity index is 1.83. The number of phenols is 1. The number of carbonyl (C=O) groups is 2. The molecule has 3 unspecified atom stereocenters. The van der Waals surface area contributed by atoms with Crippen LogP contribution in [0.1, 0.15) is 42.4 Å². The quantitative estimate of drug-likeness (QED) is 0.731. The van der Waals surface area contributed by atoms with Gasteiger partial charge in [-0.15, -0.1) is 0 Å². The standard InChI is InChI=1S/C22H25NO4/c1-14(22(26)27)11-21(25)23-20-10-8-16-7-9-17(24)13-18(16)19(20)12-15-5-3-2-4-6-15/h2-7,9,13-14,19-20,24H,8,10-12H2,1H3,(H,23,25)(H,26,27). The molecule has 142 valence electrons. The number of amides is 1. The monoisotopic (exact) mass is 367 g/mol. The molecule has 5 nitrogen and oxygen atoms in total. The molecule has 0 heterocycles. The van der Waals surface area contributed by atoms with E-state index in [9.17, 15) is 14.7 Å². The van der Waals surface area contributed by atoms with E-state index in [0.717, 1.165) is 30.4 Å². The first-order valence-electron chi connectivity index (χ1n) is 9.32. The summed E-state index contributed by atoms with van der Waals surface area (Å²) in [5.74, 6) is -1.66. The van der Waals surface area contributed by atoms with Crippen LogP contribution < -0.4 is 5.32 Å². The van der Waals surface area contributed by atoms with Gasteiger partial charge in [-0.1, -0.05) is 43.3 Å². The molecule has 3 rings (SSSR count). The van der Waals surface area contributed by atoms with Gasteiger partial charge in [0.2, 0.25) is 5.91 Å². The third kappa shape index (κ3) is 4.67. The first kappa shape index (κ1) is 19.0. The minimum absolute atomic E-state index is 0.0310. The number of benzene rings is 2. The summed E-state index contributed by atoms with van der Waals surface area (Å²) in [7, 11) is 0. The molecule has 0 aromatic heterocycles. The Labute approximate surface area is 159 Å². The van der Waals surface area contributed by atoms with Crippen molar-refractivity contribution < 1.29 is 19.8 Å². The van der Waals surface area contributed by atoms with Crippen LogP contribution in [-0.4, -0.2) is 28.1 Å². The maximum Gasteiger partial charge on any atom is 0.306 e. The van der Waals surface area contributed by atoms with E-state index >= 15 is 0 Å². The van der Waals surface area contributed by atoms with Crippen LogP contribution in [0.15, 0.2) is 48.5 Å². The van der Waals surface area contributed by atoms with Crippen LogP contribution in [0, 0.1) is 5.92 Å². The molecule has 0 radical (unpaired) electrons. The third-order valence-electron chi connectivity index (χ3n) is 5.30. The first-order valence-corrected chi connectivity index (χ1v) is 9.32. The second kappa shape index (κ2) is 8.25. The van der Waals surface area contributed by atoms with E-state index in [1.165, 1.54) is 12.5 Å². The maximum atomic E-state index is 12.4. The molecular weight excluding hydrogens is 342 g/mol. The second-order valence-electron chi connectivity index (χ2n) is 7.34. The van der Waals surface area contributed by atoms with Crippen molar-refractivity contribution in [3.63, 3.8) is 0 Å². The van der Waals surface area contributed by atoms with Crippen LogP contribution in [0.5, 0.6) is 5.75 Å². The average molecular weight is 367 g/mol. The largest absolute Gasteiger partial charge is 0.508 e. The van der Waals surface area contributed by atoms with E-state index in [2.05, 4.69) is 17.4 Å². The highest BCUT2D eigenvalue weighted by Gasteiger charge is 2.31. The number of nitrogens with one attached hydrogen (secondary N) is 1. The van der Waals surface area contributed by atoms with Crippen LogP contribution in [0.2, 0.25) is 0 Å². The SMILES string of the molecule is CC(CC(=O)NC1CCc2ccc(O)cc2C1Cc1ccccc1)C(=O)O. The summed E-state index contributed by atoms with van der Waals surface area (Å²) in [5, 5.41) is 22.1. The summed E-state index contributed by atoms with van der Waals surface area (Å²) < 4.78 is 0. The molecule has 2 aromatic carbocycles. The zero-order valence-electron chi connectivity index (χ0n) is 15.4. The number of hydrogen-bond donors (Lipinski definition) is 3. The summed E-state index contributed by atoms with van der Waals surface area (Å²) in [6, 6.07) is 15.4. The fraction of sp³-hybridized carbons (Fsp3) is 0.364. The number of rotatable bonds is 6. The van der Waals surface area contributed by atoms with E-state index in [1.54, 1.807) is 12.1 Å². The molecule has 0 saturated heterocycles. The summed E-state index contributed by atoms with van der Waals surface area (Å²) in [6.07, 6.45) is 2.33. The molecular formula is C22H25NO4. The lowest BCUT2D eigenvalue weighted by molar-refractivity contribution is -0.143. The van der Waals surface area contributed by atoms with E-state index < -0.39 is 11.9 Å². The number of carboxylic acids is 1. The van der Waals surface area contributed by atoms with Crippen LogP contribution in [0.3, 0.4) is 0 Å². The summed E-state index contributed by atoms with van der Waals surface area (Å²) in [5.41, 5.74) is 3.41. The summed E-state index contributed by atoms with van der Waals surface area (Å²) in [4.78, 5) is 23.4. The normalized spacial score (nSPS) is 19.7. The Bertz CT molecular complexity index is 818. The van der Waals surface area contributed by atoms with Crippen molar-refractivity contribution in [1.29, 1.82) is 0 Å². The topological polar surface area (TPSA) is 86.6 Å². The Morgan fingerprint density at radius 2 is 1.93 bits per heavy atom. The molecule has 27 heavy (non-hydrogen) atoms. The van der Waals surface area contributed by atoms with Crippen molar-refractivity contribution >= 4 is 11.9 Å². The van der Waals surface area contributed by atoms with Gasteiger partial charge in [-0.25, -0.2) is 0 Å². The van der Waals surface area contributed by atoms with E-state index in [-0.39, 0.29) is 30.0 Å². The van der Waals surface area contributed by atoms with E-state index in [4.69, 9.17) is 5.11 Å². The predicted octanol–water partition coefficient (Wildman–Crippen LogP) is 3.26. The number of aryl methyl sites for hydroxylation is 1. The van der Waals surface area contributed by atoms with Gasteiger partial charge in [0, 0.05) is 18.4 Å². The molecule has 1 amide bonds. The number of carboxylic acid groups (broad SMARTS) is 1. The van der Waals surface area contributed by atoms with Gasteiger partial charge in [0.05, 0.1) is 5.92 Å².